The zero-order chi connectivity index (χ0) is 24.0. The van der Waals surface area contributed by atoms with Crippen molar-refractivity contribution in [3.8, 4) is 0 Å². The van der Waals surface area contributed by atoms with Crippen molar-refractivity contribution in [2.75, 3.05) is 37.0 Å². The van der Waals surface area contributed by atoms with E-state index in [1.165, 1.54) is 54.0 Å². The maximum absolute atomic E-state index is 2.37. The largest absolute Gasteiger partial charge is 0.0900 e. The Morgan fingerprint density at radius 1 is 0.400 bits per heavy atom. The zero-order valence-corrected chi connectivity index (χ0v) is 24.2. The van der Waals surface area contributed by atoms with Crippen molar-refractivity contribution in [2.45, 2.75) is 6.42 Å². The van der Waals surface area contributed by atoms with Gasteiger partial charge in [-0.15, -0.1) is 0 Å². The lowest BCUT2D eigenvalue weighted by Gasteiger charge is -2.22. The maximum Gasteiger partial charge on any atom is -0.0240 e. The van der Waals surface area contributed by atoms with E-state index in [1.54, 1.807) is 10.6 Å². The monoisotopic (exact) mass is 532 g/mol. The minimum absolute atomic E-state index is 0.0816. The van der Waals surface area contributed by atoms with Gasteiger partial charge in [-0.05, 0) is 64.6 Å². The molecule has 0 aliphatic heterocycles. The van der Waals surface area contributed by atoms with Crippen molar-refractivity contribution < 1.29 is 0 Å². The Bertz CT molecular complexity index is 983. The van der Waals surface area contributed by atoms with E-state index < -0.39 is 0 Å². The minimum Gasteiger partial charge on any atom is -0.0900 e. The number of hydrogen-bond donors (Lipinski definition) is 0. The van der Waals surface area contributed by atoms with Gasteiger partial charge in [0.1, 0.15) is 0 Å². The molecular weight excluding hydrogens is 496 g/mol. The molecule has 4 rings (SSSR count). The van der Waals surface area contributed by atoms with Gasteiger partial charge in [0, 0.05) is 0 Å². The number of hydrogen-bond acceptors (Lipinski definition) is 0. The van der Waals surface area contributed by atoms with Crippen LogP contribution in [0.3, 0.4) is 0 Å². The third-order valence-corrected chi connectivity index (χ3v) is 14.7. The molecule has 0 spiro atoms. The smallest absolute Gasteiger partial charge is 0.0240 e. The van der Waals surface area contributed by atoms with Gasteiger partial charge in [0.15, 0.2) is 0 Å². The summed E-state index contributed by atoms with van der Waals surface area (Å²) < 4.78 is 0. The van der Waals surface area contributed by atoms with Crippen LogP contribution in [0.15, 0.2) is 121 Å². The summed E-state index contributed by atoms with van der Waals surface area (Å²) in [6.45, 7) is 0. The summed E-state index contributed by atoms with van der Waals surface area (Å²) in [5.41, 5.74) is 0. The fourth-order valence-electron chi connectivity index (χ4n) is 4.25. The first-order valence-electron chi connectivity index (χ1n) is 12.6. The van der Waals surface area contributed by atoms with Crippen molar-refractivity contribution in [3.63, 3.8) is 0 Å². The van der Waals surface area contributed by atoms with Crippen LogP contribution in [0.5, 0.6) is 0 Å². The summed E-state index contributed by atoms with van der Waals surface area (Å²) in [7, 11) is 1.69. The lowest BCUT2D eigenvalue weighted by atomic mass is 10.4. The molecule has 0 aliphatic rings. The van der Waals surface area contributed by atoms with Gasteiger partial charge in [-0.2, -0.15) is 0 Å². The summed E-state index contributed by atoms with van der Waals surface area (Å²) in [5.74, 6) is 0. The minimum atomic E-state index is -0.0816. The van der Waals surface area contributed by atoms with Gasteiger partial charge in [-0.25, -0.2) is 0 Å². The Morgan fingerprint density at radius 2 is 0.743 bits per heavy atom. The van der Waals surface area contributed by atoms with Gasteiger partial charge in [0.2, 0.25) is 0 Å². The molecule has 4 heteroatoms. The van der Waals surface area contributed by atoms with Crippen molar-refractivity contribution in [1.82, 2.24) is 0 Å². The van der Waals surface area contributed by atoms with E-state index in [0.29, 0.717) is 0 Å². The second-order valence-corrected chi connectivity index (χ2v) is 16.4. The average molecular weight is 533 g/mol. The molecule has 0 nitrogen and oxygen atoms in total. The fourth-order valence-corrected chi connectivity index (χ4v) is 12.7. The van der Waals surface area contributed by atoms with Gasteiger partial charge in [0.25, 0.3) is 0 Å². The molecule has 0 aliphatic carbocycles. The molecule has 180 valence electrons. The molecule has 0 bridgehead atoms. The summed E-state index contributed by atoms with van der Waals surface area (Å²) in [5, 5.41) is 6.19. The quantitative estimate of drug-likeness (QED) is 0.154. The Balaban J connectivity index is 1.33. The molecule has 0 saturated heterocycles. The third kappa shape index (κ3) is 9.53. The van der Waals surface area contributed by atoms with E-state index in [-0.39, 0.29) is 15.8 Å². The van der Waals surface area contributed by atoms with Crippen LogP contribution in [-0.4, -0.2) is 37.0 Å². The first-order chi connectivity index (χ1) is 17.4. The Kier molecular flexibility index (Phi) is 11.9. The number of benzene rings is 4. The molecule has 4 atom stereocenters. The van der Waals surface area contributed by atoms with Gasteiger partial charge in [-0.1, -0.05) is 154 Å². The molecular formula is C31H36P4. The van der Waals surface area contributed by atoms with Crippen LogP contribution in [0.2, 0.25) is 0 Å². The average Bonchev–Trinajstić information content (AvgIpc) is 2.93. The zero-order valence-electron chi connectivity index (χ0n) is 20.4. The van der Waals surface area contributed by atoms with Crippen molar-refractivity contribution in [1.29, 1.82) is 0 Å². The fraction of sp³-hybridized carbons (Fsp3) is 0.226. The maximum atomic E-state index is 2.37. The molecule has 0 radical (unpaired) electrons. The summed E-state index contributed by atoms with van der Waals surface area (Å²) in [4.78, 5) is 0. The topological polar surface area (TPSA) is 0 Å². The van der Waals surface area contributed by atoms with E-state index in [1.807, 2.05) is 0 Å². The highest BCUT2D eigenvalue weighted by atomic mass is 31.1. The van der Waals surface area contributed by atoms with E-state index in [2.05, 4.69) is 121 Å². The van der Waals surface area contributed by atoms with Crippen LogP contribution >= 0.6 is 33.0 Å². The van der Waals surface area contributed by atoms with Gasteiger partial charge >= 0.3 is 0 Å². The SMILES string of the molecule is c1ccc(PCCP(CCCP(CCPc2ccccc2)c2ccccc2)c2ccccc2)cc1. The van der Waals surface area contributed by atoms with Crippen LogP contribution in [0.1, 0.15) is 6.42 Å². The van der Waals surface area contributed by atoms with E-state index in [9.17, 15) is 0 Å². The highest BCUT2D eigenvalue weighted by Crippen LogP contribution is 2.41. The van der Waals surface area contributed by atoms with E-state index >= 15 is 0 Å². The van der Waals surface area contributed by atoms with Gasteiger partial charge in [-0.3, -0.25) is 0 Å². The predicted molar refractivity (Wildman–Crippen MR) is 169 cm³/mol. The van der Waals surface area contributed by atoms with Crippen molar-refractivity contribution >= 4 is 54.2 Å². The van der Waals surface area contributed by atoms with Crippen molar-refractivity contribution in [3.05, 3.63) is 121 Å². The first kappa shape index (κ1) is 26.7. The van der Waals surface area contributed by atoms with Gasteiger partial charge in [0.05, 0.1) is 0 Å². The molecule has 0 N–H and O–H groups in total. The normalized spacial score (nSPS) is 13.5. The van der Waals surface area contributed by atoms with Crippen LogP contribution < -0.4 is 21.2 Å². The van der Waals surface area contributed by atoms with Crippen LogP contribution in [0.4, 0.5) is 0 Å². The molecule has 35 heavy (non-hydrogen) atoms. The highest BCUT2D eigenvalue weighted by molar-refractivity contribution is 7.67. The first-order valence-corrected chi connectivity index (χ1v) is 18.4. The van der Waals surface area contributed by atoms with Crippen LogP contribution in [-0.2, 0) is 0 Å². The highest BCUT2D eigenvalue weighted by Gasteiger charge is 2.15. The second kappa shape index (κ2) is 15.7. The Hall–Kier alpha value is -1.40. The molecule has 4 unspecified atom stereocenters. The second-order valence-electron chi connectivity index (χ2n) is 8.58. The molecule has 0 aromatic heterocycles. The Morgan fingerprint density at radius 3 is 1.11 bits per heavy atom. The molecule has 4 aromatic carbocycles. The lowest BCUT2D eigenvalue weighted by molar-refractivity contribution is 1.10. The Labute approximate surface area is 218 Å². The third-order valence-electron chi connectivity index (χ3n) is 6.07. The van der Waals surface area contributed by atoms with E-state index in [4.69, 9.17) is 0 Å². The summed E-state index contributed by atoms with van der Waals surface area (Å²) >= 11 is 0. The van der Waals surface area contributed by atoms with Gasteiger partial charge < -0.3 is 0 Å². The summed E-state index contributed by atoms with van der Waals surface area (Å²) in [6, 6.07) is 44.8. The molecule has 0 fully saturated rings. The number of rotatable bonds is 14. The van der Waals surface area contributed by atoms with E-state index in [0.717, 1.165) is 17.2 Å². The molecule has 0 saturated carbocycles. The summed E-state index contributed by atoms with van der Waals surface area (Å²) in [6.07, 6.45) is 9.42. The van der Waals surface area contributed by atoms with Crippen LogP contribution in [0.25, 0.3) is 0 Å². The van der Waals surface area contributed by atoms with Crippen molar-refractivity contribution in [2.24, 2.45) is 0 Å². The standard InChI is InChI=1S/C31H36P4/c1-5-14-28(15-6-1)32-22-26-34(30-18-9-3-10-19-30)24-13-25-35(31-20-11-4-12-21-31)27-23-33-29-16-7-2-8-17-29/h1-12,14-21,32-33H,13,22-27H2. The molecule has 4 aromatic rings. The predicted octanol–water partition coefficient (Wildman–Crippen LogP) is 7.00. The molecule has 0 heterocycles. The van der Waals surface area contributed by atoms with Crippen LogP contribution in [0, 0.1) is 0 Å². The lowest BCUT2D eigenvalue weighted by Crippen LogP contribution is -2.12. The molecule has 0 amide bonds.